The number of fused-ring (bicyclic) bond motifs is 1. The number of hydrogen-bond donors (Lipinski definition) is 0. The lowest BCUT2D eigenvalue weighted by Gasteiger charge is -2.32. The largest absolute Gasteiger partial charge is 0.295 e. The molecule has 0 N–H and O–H groups in total. The zero-order valence-corrected chi connectivity index (χ0v) is 10.1. The van der Waals surface area contributed by atoms with Gasteiger partial charge in [0.15, 0.2) is 5.78 Å². The summed E-state index contributed by atoms with van der Waals surface area (Å²) < 4.78 is 0. The van der Waals surface area contributed by atoms with Gasteiger partial charge in [0.05, 0.1) is 0 Å². The van der Waals surface area contributed by atoms with Crippen LogP contribution in [0.3, 0.4) is 0 Å². The Morgan fingerprint density at radius 2 is 2.13 bits per heavy atom. The minimum absolute atomic E-state index is 0.143. The van der Waals surface area contributed by atoms with Gasteiger partial charge in [-0.15, -0.1) is 0 Å². The second kappa shape index (κ2) is 3.33. The van der Waals surface area contributed by atoms with E-state index in [1.807, 2.05) is 6.08 Å². The standard InChI is InChI=1S/C14H20O/c1-9(15)5-6-13-10(2)12-7-11(12)8-14(13,3)4/h5-6,11-12H,7-8H2,1-4H3/b6-5+/t11-,12+/m1/s1. The molecule has 15 heavy (non-hydrogen) atoms. The average Bonchev–Trinajstić information content (AvgIpc) is 2.80. The van der Waals surface area contributed by atoms with E-state index in [0.717, 1.165) is 11.8 Å². The fourth-order valence-corrected chi connectivity index (χ4v) is 3.06. The lowest BCUT2D eigenvalue weighted by molar-refractivity contribution is -0.112. The van der Waals surface area contributed by atoms with Crippen molar-refractivity contribution in [3.63, 3.8) is 0 Å². The normalized spacial score (nSPS) is 33.1. The summed E-state index contributed by atoms with van der Waals surface area (Å²) >= 11 is 0. The van der Waals surface area contributed by atoms with Crippen LogP contribution in [0, 0.1) is 17.3 Å². The Labute approximate surface area is 92.3 Å². The average molecular weight is 204 g/mol. The monoisotopic (exact) mass is 204 g/mol. The number of carbonyl (C=O) groups is 1. The van der Waals surface area contributed by atoms with Gasteiger partial charge in [0.1, 0.15) is 0 Å². The molecule has 2 aliphatic carbocycles. The Morgan fingerprint density at radius 3 is 2.73 bits per heavy atom. The van der Waals surface area contributed by atoms with Crippen molar-refractivity contribution in [2.45, 2.75) is 40.5 Å². The SMILES string of the molecule is CC(=O)/C=C/C1=C(C)[C@@H]2C[C@@H]2CC1(C)C. The quantitative estimate of drug-likeness (QED) is 0.629. The van der Waals surface area contributed by atoms with Crippen LogP contribution in [0.15, 0.2) is 23.3 Å². The molecule has 1 saturated carbocycles. The lowest BCUT2D eigenvalue weighted by Crippen LogP contribution is -2.20. The first-order valence-electron chi connectivity index (χ1n) is 5.82. The molecule has 0 aromatic heterocycles. The van der Waals surface area contributed by atoms with Gasteiger partial charge in [-0.1, -0.05) is 25.5 Å². The van der Waals surface area contributed by atoms with Crippen molar-refractivity contribution in [3.8, 4) is 0 Å². The summed E-state index contributed by atoms with van der Waals surface area (Å²) in [5, 5.41) is 0. The summed E-state index contributed by atoms with van der Waals surface area (Å²) in [5.41, 5.74) is 3.18. The third-order valence-corrected chi connectivity index (χ3v) is 3.89. The highest BCUT2D eigenvalue weighted by Gasteiger charge is 2.47. The topological polar surface area (TPSA) is 17.1 Å². The van der Waals surface area contributed by atoms with E-state index in [1.54, 1.807) is 13.0 Å². The zero-order valence-electron chi connectivity index (χ0n) is 10.1. The van der Waals surface area contributed by atoms with Crippen LogP contribution in [0.2, 0.25) is 0 Å². The smallest absolute Gasteiger partial charge is 0.152 e. The first kappa shape index (κ1) is 10.7. The summed E-state index contributed by atoms with van der Waals surface area (Å²) in [6.45, 7) is 8.45. The molecule has 0 amide bonds. The molecule has 2 atom stereocenters. The van der Waals surface area contributed by atoms with Gasteiger partial charge in [-0.25, -0.2) is 0 Å². The Morgan fingerprint density at radius 1 is 1.47 bits per heavy atom. The molecule has 0 bridgehead atoms. The number of allylic oxidation sites excluding steroid dienone is 4. The van der Waals surface area contributed by atoms with Crippen molar-refractivity contribution < 1.29 is 4.79 Å². The van der Waals surface area contributed by atoms with E-state index in [1.165, 1.54) is 24.0 Å². The van der Waals surface area contributed by atoms with E-state index in [0.29, 0.717) is 0 Å². The number of ketones is 1. The maximum atomic E-state index is 11.0. The first-order chi connectivity index (χ1) is 6.92. The van der Waals surface area contributed by atoms with E-state index in [9.17, 15) is 4.79 Å². The zero-order chi connectivity index (χ0) is 11.2. The van der Waals surface area contributed by atoms with Crippen molar-refractivity contribution in [2.24, 2.45) is 17.3 Å². The highest BCUT2D eigenvalue weighted by Crippen LogP contribution is 2.58. The Hall–Kier alpha value is -0.850. The molecular formula is C14H20O. The maximum absolute atomic E-state index is 11.0. The van der Waals surface area contributed by atoms with Gasteiger partial charge >= 0.3 is 0 Å². The molecule has 0 aliphatic heterocycles. The fourth-order valence-electron chi connectivity index (χ4n) is 3.06. The Bertz CT molecular complexity index is 358. The molecule has 82 valence electrons. The van der Waals surface area contributed by atoms with Gasteiger partial charge in [0.2, 0.25) is 0 Å². The summed E-state index contributed by atoms with van der Waals surface area (Å²) in [5.74, 6) is 1.89. The molecular weight excluding hydrogens is 184 g/mol. The van der Waals surface area contributed by atoms with Gasteiger partial charge in [-0.3, -0.25) is 4.79 Å². The van der Waals surface area contributed by atoms with E-state index in [2.05, 4.69) is 20.8 Å². The van der Waals surface area contributed by atoms with Crippen LogP contribution in [-0.2, 0) is 4.79 Å². The van der Waals surface area contributed by atoms with Crippen LogP contribution in [0.1, 0.15) is 40.5 Å². The molecule has 2 aliphatic rings. The minimum atomic E-state index is 0.143. The van der Waals surface area contributed by atoms with Crippen molar-refractivity contribution >= 4 is 5.78 Å². The minimum Gasteiger partial charge on any atom is -0.295 e. The Balaban J connectivity index is 2.32. The number of rotatable bonds is 2. The van der Waals surface area contributed by atoms with Gasteiger partial charge in [-0.05, 0) is 55.6 Å². The van der Waals surface area contributed by atoms with Crippen molar-refractivity contribution in [3.05, 3.63) is 23.3 Å². The molecule has 0 spiro atoms. The third-order valence-electron chi connectivity index (χ3n) is 3.89. The van der Waals surface area contributed by atoms with E-state index >= 15 is 0 Å². The fraction of sp³-hybridized carbons (Fsp3) is 0.643. The van der Waals surface area contributed by atoms with Crippen LogP contribution in [-0.4, -0.2) is 5.78 Å². The molecule has 1 fully saturated rings. The first-order valence-corrected chi connectivity index (χ1v) is 5.82. The summed E-state index contributed by atoms with van der Waals surface area (Å²) in [7, 11) is 0. The summed E-state index contributed by atoms with van der Waals surface area (Å²) in [6, 6.07) is 0. The number of carbonyl (C=O) groups excluding carboxylic acids is 1. The molecule has 1 heteroatoms. The van der Waals surface area contributed by atoms with Crippen molar-refractivity contribution in [1.29, 1.82) is 0 Å². The van der Waals surface area contributed by atoms with Crippen molar-refractivity contribution in [2.75, 3.05) is 0 Å². The molecule has 2 rings (SSSR count). The predicted molar refractivity (Wildman–Crippen MR) is 62.5 cm³/mol. The van der Waals surface area contributed by atoms with Crippen LogP contribution in [0.4, 0.5) is 0 Å². The van der Waals surface area contributed by atoms with Crippen molar-refractivity contribution in [1.82, 2.24) is 0 Å². The van der Waals surface area contributed by atoms with Crippen LogP contribution in [0.5, 0.6) is 0 Å². The lowest BCUT2D eigenvalue weighted by atomic mass is 9.72. The predicted octanol–water partition coefficient (Wildman–Crippen LogP) is 3.51. The van der Waals surface area contributed by atoms with Crippen LogP contribution >= 0.6 is 0 Å². The molecule has 0 unspecified atom stereocenters. The highest BCUT2D eigenvalue weighted by molar-refractivity contribution is 5.87. The molecule has 0 heterocycles. The molecule has 0 aromatic rings. The molecule has 1 nitrogen and oxygen atoms in total. The second-order valence-corrected chi connectivity index (χ2v) is 5.73. The van der Waals surface area contributed by atoms with Crippen LogP contribution in [0.25, 0.3) is 0 Å². The van der Waals surface area contributed by atoms with Gasteiger partial charge in [0, 0.05) is 0 Å². The highest BCUT2D eigenvalue weighted by atomic mass is 16.1. The van der Waals surface area contributed by atoms with E-state index in [4.69, 9.17) is 0 Å². The van der Waals surface area contributed by atoms with Gasteiger partial charge < -0.3 is 0 Å². The van der Waals surface area contributed by atoms with E-state index in [-0.39, 0.29) is 11.2 Å². The van der Waals surface area contributed by atoms with Crippen LogP contribution < -0.4 is 0 Å². The van der Waals surface area contributed by atoms with Gasteiger partial charge in [-0.2, -0.15) is 0 Å². The summed E-state index contributed by atoms with van der Waals surface area (Å²) in [4.78, 5) is 11.0. The molecule has 0 saturated heterocycles. The Kier molecular flexibility index (Phi) is 2.37. The third kappa shape index (κ3) is 1.92. The molecule has 0 aromatic carbocycles. The number of hydrogen-bond acceptors (Lipinski definition) is 1. The van der Waals surface area contributed by atoms with Gasteiger partial charge in [0.25, 0.3) is 0 Å². The summed E-state index contributed by atoms with van der Waals surface area (Å²) in [6.07, 6.45) is 6.41. The molecule has 0 radical (unpaired) electrons. The van der Waals surface area contributed by atoms with E-state index < -0.39 is 0 Å². The second-order valence-electron chi connectivity index (χ2n) is 5.73. The maximum Gasteiger partial charge on any atom is 0.152 e.